The number of carbonyl (C=O) groups excluding carboxylic acids is 3. The van der Waals surface area contributed by atoms with E-state index >= 15 is 0 Å². The molecule has 0 aromatic heterocycles. The van der Waals surface area contributed by atoms with Gasteiger partial charge in [0.25, 0.3) is 5.91 Å². The second kappa shape index (κ2) is 9.55. The Hall–Kier alpha value is -2.43. The molecular weight excluding hydrogens is 460 g/mol. The molecule has 8 nitrogen and oxygen atoms in total. The first-order chi connectivity index (χ1) is 16.7. The highest BCUT2D eigenvalue weighted by molar-refractivity contribution is 6.05. The molecule has 0 spiro atoms. The second-order valence-electron chi connectivity index (χ2n) is 10.2. The van der Waals surface area contributed by atoms with E-state index in [1.165, 1.54) is 4.90 Å². The highest BCUT2D eigenvalue weighted by atomic mass is 19.3. The van der Waals surface area contributed by atoms with E-state index in [4.69, 9.17) is 4.74 Å². The maximum atomic E-state index is 13.5. The van der Waals surface area contributed by atoms with Crippen molar-refractivity contribution in [1.29, 1.82) is 0 Å². The standard InChI is InChI=1S/C25H31F2N3O5/c26-25(27)9-7-16(8-10-25)28-18-3-6-22(32)35-20(18)12-14-1-2-17-15(11-14)13-30(24(17)34)19-4-5-21(31)29-23(19)33/h1-2,11,16,18-20,22,28,32H,3-10,12-13H2,(H,29,31,33)/t18-,19?,20+,22-/m0/s1. The SMILES string of the molecule is O=C1CCC(N2Cc3cc(C[C@H]4O[C@H](O)CC[C@@H]4NC4CCC(F)(F)CC4)ccc3C2=O)C(=O)N1. The normalized spacial score (nSPS) is 31.4. The molecule has 190 valence electrons. The monoisotopic (exact) mass is 491 g/mol. The van der Waals surface area contributed by atoms with Crippen molar-refractivity contribution >= 4 is 17.7 Å². The fourth-order valence-corrected chi connectivity index (χ4v) is 5.75. The number of benzene rings is 1. The van der Waals surface area contributed by atoms with Crippen LogP contribution in [-0.4, -0.2) is 64.2 Å². The van der Waals surface area contributed by atoms with Crippen molar-refractivity contribution in [1.82, 2.24) is 15.5 Å². The van der Waals surface area contributed by atoms with Crippen molar-refractivity contribution < 1.29 is 33.0 Å². The number of aliphatic hydroxyl groups is 1. The Labute approximate surface area is 202 Å². The Morgan fingerprint density at radius 3 is 2.63 bits per heavy atom. The van der Waals surface area contributed by atoms with Gasteiger partial charge in [0, 0.05) is 49.9 Å². The van der Waals surface area contributed by atoms with Gasteiger partial charge in [0.1, 0.15) is 6.04 Å². The van der Waals surface area contributed by atoms with Crippen LogP contribution >= 0.6 is 0 Å². The molecule has 35 heavy (non-hydrogen) atoms. The van der Waals surface area contributed by atoms with E-state index in [0.29, 0.717) is 50.6 Å². The summed E-state index contributed by atoms with van der Waals surface area (Å²) < 4.78 is 32.9. The first-order valence-corrected chi connectivity index (χ1v) is 12.4. The summed E-state index contributed by atoms with van der Waals surface area (Å²) in [4.78, 5) is 38.2. The minimum Gasteiger partial charge on any atom is -0.368 e. The number of alkyl halides is 2. The Kier molecular flexibility index (Phi) is 6.63. The fraction of sp³-hybridized carbons (Fsp3) is 0.640. The molecule has 0 radical (unpaired) electrons. The van der Waals surface area contributed by atoms with E-state index in [2.05, 4.69) is 10.6 Å². The molecule has 3 amide bonds. The quantitative estimate of drug-likeness (QED) is 0.544. The molecule has 1 aliphatic carbocycles. The van der Waals surface area contributed by atoms with Crippen LogP contribution in [0.1, 0.15) is 72.9 Å². The topological polar surface area (TPSA) is 108 Å². The molecule has 0 bridgehead atoms. The third kappa shape index (κ3) is 5.24. The van der Waals surface area contributed by atoms with Gasteiger partial charge in [-0.25, -0.2) is 8.78 Å². The first-order valence-electron chi connectivity index (χ1n) is 12.4. The summed E-state index contributed by atoms with van der Waals surface area (Å²) >= 11 is 0. The molecule has 3 aliphatic heterocycles. The summed E-state index contributed by atoms with van der Waals surface area (Å²) in [6, 6.07) is 4.81. The lowest BCUT2D eigenvalue weighted by molar-refractivity contribution is -0.173. The summed E-state index contributed by atoms with van der Waals surface area (Å²) in [5, 5.41) is 15.9. The number of rotatable bonds is 5. The van der Waals surface area contributed by atoms with Crippen molar-refractivity contribution in [2.75, 3.05) is 0 Å². The molecule has 4 aliphatic rings. The van der Waals surface area contributed by atoms with Crippen molar-refractivity contribution in [3.05, 3.63) is 34.9 Å². The Bertz CT molecular complexity index is 1010. The minimum atomic E-state index is -2.58. The van der Waals surface area contributed by atoms with Gasteiger partial charge in [-0.15, -0.1) is 0 Å². The first kappa shape index (κ1) is 24.3. The molecule has 3 fully saturated rings. The van der Waals surface area contributed by atoms with Gasteiger partial charge in [0.15, 0.2) is 6.29 Å². The molecule has 5 rings (SSSR count). The fourth-order valence-electron chi connectivity index (χ4n) is 5.75. The lowest BCUT2D eigenvalue weighted by Gasteiger charge is -2.39. The van der Waals surface area contributed by atoms with Gasteiger partial charge in [-0.3, -0.25) is 19.7 Å². The number of piperidine rings is 1. The summed E-state index contributed by atoms with van der Waals surface area (Å²) in [5.74, 6) is -3.57. The van der Waals surface area contributed by atoms with E-state index in [0.717, 1.165) is 11.1 Å². The predicted molar refractivity (Wildman–Crippen MR) is 120 cm³/mol. The third-order valence-electron chi connectivity index (χ3n) is 7.70. The second-order valence-corrected chi connectivity index (χ2v) is 10.2. The Morgan fingerprint density at radius 2 is 1.89 bits per heavy atom. The molecule has 1 aromatic rings. The maximum absolute atomic E-state index is 13.5. The maximum Gasteiger partial charge on any atom is 0.255 e. The van der Waals surface area contributed by atoms with Gasteiger partial charge in [0.2, 0.25) is 17.7 Å². The van der Waals surface area contributed by atoms with Gasteiger partial charge in [-0.05, 0) is 49.3 Å². The summed E-state index contributed by atoms with van der Waals surface area (Å²) in [6.07, 6.45) is 1.57. The summed E-state index contributed by atoms with van der Waals surface area (Å²) in [5.41, 5.74) is 2.29. The molecule has 3 N–H and O–H groups in total. The minimum absolute atomic E-state index is 0.000638. The number of aliphatic hydroxyl groups excluding tert-OH is 1. The zero-order chi connectivity index (χ0) is 24.7. The lowest BCUT2D eigenvalue weighted by Crippen LogP contribution is -2.52. The molecule has 10 heteroatoms. The summed E-state index contributed by atoms with van der Waals surface area (Å²) in [6.45, 7) is 0.292. The van der Waals surface area contributed by atoms with E-state index in [-0.39, 0.29) is 49.3 Å². The van der Waals surface area contributed by atoms with Crippen LogP contribution in [0.25, 0.3) is 0 Å². The highest BCUT2D eigenvalue weighted by Crippen LogP contribution is 2.34. The number of halogens is 2. The van der Waals surface area contributed by atoms with Gasteiger partial charge in [-0.2, -0.15) is 0 Å². The van der Waals surface area contributed by atoms with Gasteiger partial charge in [-0.1, -0.05) is 12.1 Å². The largest absolute Gasteiger partial charge is 0.368 e. The Balaban J connectivity index is 1.26. The third-order valence-corrected chi connectivity index (χ3v) is 7.70. The van der Waals surface area contributed by atoms with Crippen LogP contribution in [0, 0.1) is 0 Å². The number of nitrogens with one attached hydrogen (secondary N) is 2. The van der Waals surface area contributed by atoms with Crippen LogP contribution in [0.5, 0.6) is 0 Å². The molecule has 1 aromatic carbocycles. The van der Waals surface area contributed by atoms with E-state index in [9.17, 15) is 28.3 Å². The molecule has 1 saturated carbocycles. The number of fused-ring (bicyclic) bond motifs is 1. The molecular formula is C25H31F2N3O5. The van der Waals surface area contributed by atoms with Crippen LogP contribution in [0.2, 0.25) is 0 Å². The van der Waals surface area contributed by atoms with Crippen molar-refractivity contribution in [2.45, 2.75) is 101 Å². The lowest BCUT2D eigenvalue weighted by atomic mass is 9.89. The average molecular weight is 492 g/mol. The van der Waals surface area contributed by atoms with Crippen LogP contribution in [0.15, 0.2) is 18.2 Å². The van der Waals surface area contributed by atoms with Crippen LogP contribution < -0.4 is 10.6 Å². The zero-order valence-corrected chi connectivity index (χ0v) is 19.5. The van der Waals surface area contributed by atoms with Crippen LogP contribution in [-0.2, 0) is 27.3 Å². The molecule has 1 unspecified atom stereocenters. The van der Waals surface area contributed by atoms with Crippen molar-refractivity contribution in [3.8, 4) is 0 Å². The van der Waals surface area contributed by atoms with Gasteiger partial charge < -0.3 is 20.1 Å². The molecule has 3 heterocycles. The van der Waals surface area contributed by atoms with Crippen molar-refractivity contribution in [3.63, 3.8) is 0 Å². The van der Waals surface area contributed by atoms with Crippen molar-refractivity contribution in [2.24, 2.45) is 0 Å². The van der Waals surface area contributed by atoms with E-state index in [1.807, 2.05) is 12.1 Å². The average Bonchev–Trinajstić information content (AvgIpc) is 3.12. The number of nitrogens with zero attached hydrogens (tertiary/aromatic N) is 1. The number of imide groups is 1. The van der Waals surface area contributed by atoms with Gasteiger partial charge >= 0.3 is 0 Å². The van der Waals surface area contributed by atoms with Gasteiger partial charge in [0.05, 0.1) is 6.10 Å². The number of carbonyl (C=O) groups is 3. The zero-order valence-electron chi connectivity index (χ0n) is 19.5. The van der Waals surface area contributed by atoms with Crippen LogP contribution in [0.3, 0.4) is 0 Å². The predicted octanol–water partition coefficient (Wildman–Crippen LogP) is 2.02. The smallest absolute Gasteiger partial charge is 0.255 e. The number of hydrogen-bond acceptors (Lipinski definition) is 6. The molecule has 4 atom stereocenters. The van der Waals surface area contributed by atoms with E-state index < -0.39 is 24.2 Å². The molecule has 2 saturated heterocycles. The Morgan fingerprint density at radius 1 is 1.11 bits per heavy atom. The van der Waals surface area contributed by atoms with Crippen LogP contribution in [0.4, 0.5) is 8.78 Å². The number of amides is 3. The van der Waals surface area contributed by atoms with E-state index in [1.54, 1.807) is 6.07 Å². The highest BCUT2D eigenvalue weighted by Gasteiger charge is 2.40. The number of hydrogen-bond donors (Lipinski definition) is 3. The summed E-state index contributed by atoms with van der Waals surface area (Å²) in [7, 11) is 0. The number of ether oxygens (including phenoxy) is 1.